The van der Waals surface area contributed by atoms with Crippen molar-refractivity contribution in [1.82, 2.24) is 4.90 Å². The number of nitrogens with zero attached hydrogens (tertiary/aromatic N) is 3. The van der Waals surface area contributed by atoms with Gasteiger partial charge in [-0.05, 0) is 36.4 Å². The highest BCUT2D eigenvalue weighted by molar-refractivity contribution is 8.02. The maximum Gasteiger partial charge on any atom is 0.344 e. The number of fused-ring (bicyclic) bond motifs is 3. The van der Waals surface area contributed by atoms with Crippen LogP contribution in [0.4, 0.5) is 15.8 Å². The predicted molar refractivity (Wildman–Crippen MR) is 118 cm³/mol. The molecule has 0 N–H and O–H groups in total. The first-order valence-electron chi connectivity index (χ1n) is 10.5. The SMILES string of the molecule is O=C(COC(=O)C12CCC(=O)N1c1ccccc1S2)N1CCN(c2ccc(F)cc2)CC1. The topological polar surface area (TPSA) is 70.2 Å². The molecule has 2 amide bonds. The number of benzene rings is 2. The molecule has 5 rings (SSSR count). The van der Waals surface area contributed by atoms with E-state index >= 15 is 0 Å². The van der Waals surface area contributed by atoms with E-state index in [0.29, 0.717) is 32.6 Å². The molecule has 2 aromatic carbocycles. The minimum atomic E-state index is -1.12. The van der Waals surface area contributed by atoms with Crippen molar-refractivity contribution in [3.05, 3.63) is 54.3 Å². The number of amides is 2. The van der Waals surface area contributed by atoms with Crippen LogP contribution in [0.25, 0.3) is 0 Å². The Kier molecular flexibility index (Phi) is 5.28. The van der Waals surface area contributed by atoms with Gasteiger partial charge in [0.15, 0.2) is 11.5 Å². The smallest absolute Gasteiger partial charge is 0.344 e. The molecule has 9 heteroatoms. The number of halogens is 1. The lowest BCUT2D eigenvalue weighted by Crippen LogP contribution is -2.51. The number of carbonyl (C=O) groups excluding carboxylic acids is 3. The first-order chi connectivity index (χ1) is 15.5. The number of piperazine rings is 1. The van der Waals surface area contributed by atoms with E-state index in [1.807, 2.05) is 24.3 Å². The molecule has 0 aromatic heterocycles. The van der Waals surface area contributed by atoms with Crippen molar-refractivity contribution in [3.8, 4) is 0 Å². The lowest BCUT2D eigenvalue weighted by molar-refractivity contribution is -0.154. The summed E-state index contributed by atoms with van der Waals surface area (Å²) in [5.74, 6) is -1.20. The van der Waals surface area contributed by atoms with Crippen molar-refractivity contribution < 1.29 is 23.5 Å². The molecule has 0 radical (unpaired) electrons. The highest BCUT2D eigenvalue weighted by atomic mass is 32.2. The van der Waals surface area contributed by atoms with E-state index in [-0.39, 0.29) is 30.7 Å². The fourth-order valence-corrected chi connectivity index (χ4v) is 5.88. The van der Waals surface area contributed by atoms with Gasteiger partial charge < -0.3 is 14.5 Å². The van der Waals surface area contributed by atoms with Gasteiger partial charge in [0.2, 0.25) is 5.91 Å². The second-order valence-electron chi connectivity index (χ2n) is 8.00. The fourth-order valence-electron chi connectivity index (χ4n) is 4.47. The largest absolute Gasteiger partial charge is 0.453 e. The molecule has 1 atom stereocenters. The Labute approximate surface area is 189 Å². The minimum absolute atomic E-state index is 0.109. The van der Waals surface area contributed by atoms with Crippen molar-refractivity contribution in [2.45, 2.75) is 22.6 Å². The minimum Gasteiger partial charge on any atom is -0.453 e. The maximum absolute atomic E-state index is 13.1. The van der Waals surface area contributed by atoms with Crippen LogP contribution in [0.15, 0.2) is 53.4 Å². The van der Waals surface area contributed by atoms with Gasteiger partial charge in [0.05, 0.1) is 5.69 Å². The van der Waals surface area contributed by atoms with Crippen molar-refractivity contribution >= 4 is 40.9 Å². The molecule has 2 fully saturated rings. The van der Waals surface area contributed by atoms with Gasteiger partial charge in [-0.15, -0.1) is 0 Å². The number of esters is 1. The maximum atomic E-state index is 13.1. The summed E-state index contributed by atoms with van der Waals surface area (Å²) in [7, 11) is 0. The average Bonchev–Trinajstić information content (AvgIpc) is 3.33. The van der Waals surface area contributed by atoms with E-state index in [0.717, 1.165) is 16.3 Å². The molecule has 7 nitrogen and oxygen atoms in total. The molecular weight excluding hydrogens is 433 g/mol. The third kappa shape index (κ3) is 3.50. The second kappa shape index (κ2) is 8.12. The monoisotopic (exact) mass is 455 g/mol. The average molecular weight is 456 g/mol. The zero-order valence-electron chi connectivity index (χ0n) is 17.3. The quantitative estimate of drug-likeness (QED) is 0.661. The predicted octanol–water partition coefficient (Wildman–Crippen LogP) is 2.65. The van der Waals surface area contributed by atoms with E-state index in [1.54, 1.807) is 17.0 Å². The fraction of sp³-hybridized carbons (Fsp3) is 0.348. The van der Waals surface area contributed by atoms with E-state index in [4.69, 9.17) is 4.74 Å². The molecular formula is C23H22FN3O4S. The Balaban J connectivity index is 1.18. The van der Waals surface area contributed by atoms with Gasteiger partial charge in [0, 0.05) is 49.6 Å². The van der Waals surface area contributed by atoms with Crippen LogP contribution in [0.3, 0.4) is 0 Å². The molecule has 32 heavy (non-hydrogen) atoms. The van der Waals surface area contributed by atoms with Crippen molar-refractivity contribution in [2.24, 2.45) is 0 Å². The van der Waals surface area contributed by atoms with Gasteiger partial charge in [-0.2, -0.15) is 0 Å². The molecule has 2 saturated heterocycles. The molecule has 1 unspecified atom stereocenters. The molecule has 2 aromatic rings. The van der Waals surface area contributed by atoms with Crippen LogP contribution in [-0.2, 0) is 19.1 Å². The Morgan fingerprint density at radius 2 is 1.75 bits per heavy atom. The van der Waals surface area contributed by atoms with E-state index in [2.05, 4.69) is 4.90 Å². The van der Waals surface area contributed by atoms with Crippen LogP contribution in [-0.4, -0.2) is 60.3 Å². The molecule has 3 aliphatic rings. The Hall–Kier alpha value is -3.07. The third-order valence-electron chi connectivity index (χ3n) is 6.14. The van der Waals surface area contributed by atoms with Gasteiger partial charge in [-0.25, -0.2) is 9.18 Å². The standard InChI is InChI=1S/C23H22FN3O4S/c24-16-5-7-17(8-6-16)25-11-13-26(14-12-25)21(29)15-31-22(30)23-10-9-20(28)27(23)18-3-1-2-4-19(18)32-23/h1-8H,9-15H2. The zero-order chi connectivity index (χ0) is 22.3. The summed E-state index contributed by atoms with van der Waals surface area (Å²) in [4.78, 5) is 43.2. The first kappa shape index (κ1) is 20.8. The molecule has 0 bridgehead atoms. The molecule has 3 heterocycles. The normalized spacial score (nSPS) is 22.0. The number of ether oxygens (including phenoxy) is 1. The summed E-state index contributed by atoms with van der Waals surface area (Å²) < 4.78 is 18.6. The number of anilines is 2. The number of rotatable bonds is 4. The second-order valence-corrected chi connectivity index (χ2v) is 9.32. The number of hydrogen-bond acceptors (Lipinski definition) is 6. The lowest BCUT2D eigenvalue weighted by Gasteiger charge is -2.36. The summed E-state index contributed by atoms with van der Waals surface area (Å²) in [6.45, 7) is 1.86. The Morgan fingerprint density at radius 3 is 2.50 bits per heavy atom. The van der Waals surface area contributed by atoms with Crippen LogP contribution < -0.4 is 9.80 Å². The summed E-state index contributed by atoms with van der Waals surface area (Å²) >= 11 is 1.32. The van der Waals surface area contributed by atoms with Crippen molar-refractivity contribution in [3.63, 3.8) is 0 Å². The first-order valence-corrected chi connectivity index (χ1v) is 11.4. The van der Waals surface area contributed by atoms with Crippen LogP contribution >= 0.6 is 11.8 Å². The zero-order valence-corrected chi connectivity index (χ0v) is 18.1. The summed E-state index contributed by atoms with van der Waals surface area (Å²) in [5, 5.41) is 0. The summed E-state index contributed by atoms with van der Waals surface area (Å²) in [6.07, 6.45) is 0.629. The van der Waals surface area contributed by atoms with E-state index in [1.165, 1.54) is 28.8 Å². The van der Waals surface area contributed by atoms with Crippen molar-refractivity contribution in [2.75, 3.05) is 42.6 Å². The molecule has 0 saturated carbocycles. The Bertz CT molecular complexity index is 1070. The number of thioether (sulfide) groups is 1. The van der Waals surface area contributed by atoms with Crippen molar-refractivity contribution in [1.29, 1.82) is 0 Å². The van der Waals surface area contributed by atoms with E-state index in [9.17, 15) is 18.8 Å². The van der Waals surface area contributed by atoms with Gasteiger partial charge in [-0.1, -0.05) is 23.9 Å². The number of carbonyl (C=O) groups is 3. The highest BCUT2D eigenvalue weighted by Crippen LogP contribution is 2.56. The number of para-hydroxylation sites is 1. The summed E-state index contributed by atoms with van der Waals surface area (Å²) in [6, 6.07) is 13.7. The summed E-state index contributed by atoms with van der Waals surface area (Å²) in [5.41, 5.74) is 1.63. The van der Waals surface area contributed by atoms with Gasteiger partial charge in [0.25, 0.3) is 5.91 Å². The lowest BCUT2D eigenvalue weighted by atomic mass is 10.2. The molecule has 0 aliphatic carbocycles. The Morgan fingerprint density at radius 1 is 1.03 bits per heavy atom. The van der Waals surface area contributed by atoms with Crippen LogP contribution in [0.5, 0.6) is 0 Å². The highest BCUT2D eigenvalue weighted by Gasteiger charge is 2.58. The number of hydrogen-bond donors (Lipinski definition) is 0. The molecule has 0 spiro atoms. The van der Waals surface area contributed by atoms with Gasteiger partial charge in [0.1, 0.15) is 5.82 Å². The van der Waals surface area contributed by atoms with Gasteiger partial charge >= 0.3 is 5.97 Å². The van der Waals surface area contributed by atoms with Gasteiger partial charge in [-0.3, -0.25) is 14.5 Å². The van der Waals surface area contributed by atoms with Crippen LogP contribution in [0.1, 0.15) is 12.8 Å². The third-order valence-corrected chi connectivity index (χ3v) is 7.60. The van der Waals surface area contributed by atoms with Crippen LogP contribution in [0, 0.1) is 5.82 Å². The van der Waals surface area contributed by atoms with E-state index < -0.39 is 10.8 Å². The van der Waals surface area contributed by atoms with Crippen LogP contribution in [0.2, 0.25) is 0 Å². The molecule has 3 aliphatic heterocycles. The molecule has 166 valence electrons.